The summed E-state index contributed by atoms with van der Waals surface area (Å²) in [4.78, 5) is 25.4. The molecule has 0 fully saturated rings. The molecule has 0 saturated heterocycles. The zero-order valence-electron chi connectivity index (χ0n) is 14.3. The molecular weight excluding hydrogens is 306 g/mol. The average molecular weight is 336 g/mol. The number of halogens is 1. The van der Waals surface area contributed by atoms with Crippen LogP contribution in [0.3, 0.4) is 0 Å². The number of alkyl halides is 1. The molecule has 6 heteroatoms. The predicted octanol–water partition coefficient (Wildman–Crippen LogP) is 3.83. The van der Waals surface area contributed by atoms with Crippen molar-refractivity contribution < 1.29 is 19.1 Å². The number of nitrogens with zero attached hydrogens (tertiary/aromatic N) is 1. The molecule has 130 valence electrons. The molecule has 22 heavy (non-hydrogen) atoms. The molecule has 1 atom stereocenters. The Morgan fingerprint density at radius 3 is 2.32 bits per heavy atom. The first-order valence-corrected chi connectivity index (χ1v) is 8.59. The number of amides is 1. The number of likely N-dealkylation sites (N-methyl/N-ethyl adjacent to an activating group) is 1. The fourth-order valence-corrected chi connectivity index (χ4v) is 2.09. The highest BCUT2D eigenvalue weighted by molar-refractivity contribution is 6.18. The van der Waals surface area contributed by atoms with Crippen LogP contribution in [0.4, 0.5) is 4.79 Å². The number of carbonyl (C=O) groups excluding carboxylic acids is 2. The van der Waals surface area contributed by atoms with Crippen molar-refractivity contribution in [3.8, 4) is 0 Å². The fourth-order valence-electron chi connectivity index (χ4n) is 2.01. The number of ether oxygens (including phenoxy) is 2. The van der Waals surface area contributed by atoms with E-state index in [4.69, 9.17) is 21.1 Å². The highest BCUT2D eigenvalue weighted by Gasteiger charge is 2.29. The van der Waals surface area contributed by atoms with E-state index in [-0.39, 0.29) is 24.4 Å². The van der Waals surface area contributed by atoms with Crippen LogP contribution in [0, 0.1) is 5.92 Å². The predicted molar refractivity (Wildman–Crippen MR) is 88.2 cm³/mol. The van der Waals surface area contributed by atoms with Gasteiger partial charge in [-0.15, -0.1) is 11.6 Å². The van der Waals surface area contributed by atoms with Gasteiger partial charge in [0, 0.05) is 7.05 Å². The van der Waals surface area contributed by atoms with Gasteiger partial charge in [-0.05, 0) is 18.8 Å². The summed E-state index contributed by atoms with van der Waals surface area (Å²) in [6.45, 7) is 6.66. The van der Waals surface area contributed by atoms with Crippen LogP contribution in [0.5, 0.6) is 0 Å². The summed E-state index contributed by atoms with van der Waals surface area (Å²) >= 11 is 5.50. The van der Waals surface area contributed by atoms with Gasteiger partial charge in [-0.3, -0.25) is 4.90 Å². The van der Waals surface area contributed by atoms with Crippen molar-refractivity contribution in [2.45, 2.75) is 58.9 Å². The molecule has 0 aromatic rings. The van der Waals surface area contributed by atoms with Crippen LogP contribution in [0.1, 0.15) is 52.9 Å². The Labute approximate surface area is 139 Å². The number of hydrogen-bond donors (Lipinski definition) is 0. The number of carbonyl (C=O) groups is 2. The lowest BCUT2D eigenvalue weighted by Gasteiger charge is -2.27. The van der Waals surface area contributed by atoms with Gasteiger partial charge in [-0.1, -0.05) is 40.0 Å². The first kappa shape index (κ1) is 21.0. The van der Waals surface area contributed by atoms with E-state index in [0.29, 0.717) is 13.0 Å². The SMILES string of the molecule is CCCCCCOC(=O)C(CC(C)C)N(C)C(=O)OCCCl. The minimum absolute atomic E-state index is 0.130. The van der Waals surface area contributed by atoms with Gasteiger partial charge >= 0.3 is 12.1 Å². The number of unbranched alkanes of at least 4 members (excludes halogenated alkanes) is 3. The van der Waals surface area contributed by atoms with Crippen LogP contribution in [0.25, 0.3) is 0 Å². The van der Waals surface area contributed by atoms with Crippen molar-refractivity contribution in [1.29, 1.82) is 0 Å². The summed E-state index contributed by atoms with van der Waals surface area (Å²) in [5, 5.41) is 0. The highest BCUT2D eigenvalue weighted by atomic mass is 35.5. The van der Waals surface area contributed by atoms with E-state index in [1.807, 2.05) is 13.8 Å². The van der Waals surface area contributed by atoms with E-state index in [2.05, 4.69) is 6.92 Å². The second-order valence-electron chi connectivity index (χ2n) is 5.79. The fraction of sp³-hybridized carbons (Fsp3) is 0.875. The normalized spacial score (nSPS) is 12.1. The number of rotatable bonds is 11. The third-order valence-corrected chi connectivity index (χ3v) is 3.42. The smallest absolute Gasteiger partial charge is 0.410 e. The second-order valence-corrected chi connectivity index (χ2v) is 6.17. The molecule has 0 aliphatic carbocycles. The van der Waals surface area contributed by atoms with Crippen LogP contribution in [0.2, 0.25) is 0 Å². The molecule has 1 unspecified atom stereocenters. The van der Waals surface area contributed by atoms with Crippen molar-refractivity contribution in [2.24, 2.45) is 5.92 Å². The Balaban J connectivity index is 4.47. The van der Waals surface area contributed by atoms with Gasteiger partial charge in [0.25, 0.3) is 0 Å². The summed E-state index contributed by atoms with van der Waals surface area (Å²) in [6, 6.07) is -0.617. The van der Waals surface area contributed by atoms with E-state index in [0.717, 1.165) is 25.7 Å². The maximum absolute atomic E-state index is 12.2. The van der Waals surface area contributed by atoms with Crippen molar-refractivity contribution in [1.82, 2.24) is 4.90 Å². The number of hydrogen-bond acceptors (Lipinski definition) is 4. The number of esters is 1. The van der Waals surface area contributed by atoms with Crippen molar-refractivity contribution in [2.75, 3.05) is 26.1 Å². The second kappa shape index (κ2) is 12.6. The lowest BCUT2D eigenvalue weighted by atomic mass is 10.0. The largest absolute Gasteiger partial charge is 0.464 e. The molecule has 0 aromatic carbocycles. The maximum Gasteiger partial charge on any atom is 0.410 e. The van der Waals surface area contributed by atoms with E-state index in [1.165, 1.54) is 4.90 Å². The van der Waals surface area contributed by atoms with Gasteiger partial charge in [0.1, 0.15) is 12.6 Å². The summed E-state index contributed by atoms with van der Waals surface area (Å²) in [5.41, 5.74) is 0. The van der Waals surface area contributed by atoms with Crippen LogP contribution in [-0.4, -0.2) is 49.1 Å². The van der Waals surface area contributed by atoms with Crippen LogP contribution < -0.4 is 0 Å². The third kappa shape index (κ3) is 9.13. The molecule has 0 aromatic heterocycles. The molecule has 0 aliphatic rings. The zero-order chi connectivity index (χ0) is 17.0. The lowest BCUT2D eigenvalue weighted by Crippen LogP contribution is -2.44. The minimum atomic E-state index is -0.617. The topological polar surface area (TPSA) is 55.8 Å². The van der Waals surface area contributed by atoms with E-state index < -0.39 is 12.1 Å². The Hall–Kier alpha value is -0.970. The van der Waals surface area contributed by atoms with Crippen molar-refractivity contribution >= 4 is 23.7 Å². The molecule has 0 bridgehead atoms. The van der Waals surface area contributed by atoms with Crippen molar-refractivity contribution in [3.05, 3.63) is 0 Å². The van der Waals surface area contributed by atoms with Crippen LogP contribution in [-0.2, 0) is 14.3 Å². The minimum Gasteiger partial charge on any atom is -0.464 e. The molecule has 0 radical (unpaired) electrons. The monoisotopic (exact) mass is 335 g/mol. The zero-order valence-corrected chi connectivity index (χ0v) is 15.0. The van der Waals surface area contributed by atoms with Gasteiger partial charge in [-0.2, -0.15) is 0 Å². The Kier molecular flexibility index (Phi) is 12.0. The average Bonchev–Trinajstić information content (AvgIpc) is 2.48. The molecule has 0 heterocycles. The summed E-state index contributed by atoms with van der Waals surface area (Å²) < 4.78 is 10.3. The highest BCUT2D eigenvalue weighted by Crippen LogP contribution is 2.14. The van der Waals surface area contributed by atoms with Gasteiger partial charge < -0.3 is 9.47 Å². The molecule has 0 aliphatic heterocycles. The van der Waals surface area contributed by atoms with Gasteiger partial charge in [0.05, 0.1) is 12.5 Å². The Morgan fingerprint density at radius 2 is 1.77 bits per heavy atom. The standard InChI is InChI=1S/C16H30ClNO4/c1-5-6-7-8-10-21-15(19)14(12-13(2)3)18(4)16(20)22-11-9-17/h13-14H,5-12H2,1-4H3. The van der Waals surface area contributed by atoms with Gasteiger partial charge in [0.2, 0.25) is 0 Å². The summed E-state index contributed by atoms with van der Waals surface area (Å²) in [6.07, 6.45) is 4.17. The molecule has 1 amide bonds. The van der Waals surface area contributed by atoms with Crippen molar-refractivity contribution in [3.63, 3.8) is 0 Å². The lowest BCUT2D eigenvalue weighted by molar-refractivity contribution is -0.149. The molecule has 0 saturated carbocycles. The maximum atomic E-state index is 12.2. The van der Waals surface area contributed by atoms with Crippen LogP contribution in [0.15, 0.2) is 0 Å². The van der Waals surface area contributed by atoms with Crippen LogP contribution >= 0.6 is 11.6 Å². The Morgan fingerprint density at radius 1 is 1.09 bits per heavy atom. The first-order valence-electron chi connectivity index (χ1n) is 8.06. The molecule has 0 rings (SSSR count). The summed E-state index contributed by atoms with van der Waals surface area (Å²) in [7, 11) is 1.56. The van der Waals surface area contributed by atoms with Gasteiger partial charge in [-0.25, -0.2) is 9.59 Å². The van der Waals surface area contributed by atoms with E-state index in [1.54, 1.807) is 7.05 Å². The third-order valence-electron chi connectivity index (χ3n) is 3.27. The van der Waals surface area contributed by atoms with Gasteiger partial charge in [0.15, 0.2) is 0 Å². The summed E-state index contributed by atoms with van der Waals surface area (Å²) in [5.74, 6) is 0.132. The Bertz CT molecular complexity index is 323. The van der Waals surface area contributed by atoms with E-state index >= 15 is 0 Å². The molecule has 5 nitrogen and oxygen atoms in total. The quantitative estimate of drug-likeness (QED) is 0.327. The first-order chi connectivity index (χ1) is 10.4. The molecular formula is C16H30ClNO4. The molecule has 0 N–H and O–H groups in total. The molecule has 0 spiro atoms. The van der Waals surface area contributed by atoms with E-state index in [9.17, 15) is 9.59 Å².